The van der Waals surface area contributed by atoms with E-state index in [2.05, 4.69) is 9.97 Å². The first-order chi connectivity index (χ1) is 9.47. The van der Waals surface area contributed by atoms with Gasteiger partial charge < -0.3 is 30.6 Å². The van der Waals surface area contributed by atoms with Crippen LogP contribution in [0.1, 0.15) is 23.9 Å². The molecule has 8 nitrogen and oxygen atoms in total. The number of aliphatic hydroxyl groups is 6. The van der Waals surface area contributed by atoms with Crippen LogP contribution in [0.3, 0.4) is 0 Å². The Bertz CT molecular complexity index is 388. The van der Waals surface area contributed by atoms with E-state index in [0.29, 0.717) is 5.69 Å². The molecule has 0 aliphatic carbocycles. The van der Waals surface area contributed by atoms with E-state index in [1.165, 1.54) is 12.4 Å². The van der Waals surface area contributed by atoms with E-state index in [9.17, 15) is 20.4 Å². The van der Waals surface area contributed by atoms with Gasteiger partial charge in [0.1, 0.15) is 12.2 Å². The Kier molecular flexibility index (Phi) is 6.93. The number of hydrogen-bond acceptors (Lipinski definition) is 8. The molecule has 1 rings (SSSR count). The lowest BCUT2D eigenvalue weighted by Gasteiger charge is -2.16. The SMILES string of the molecule is OC[C@H](O)C[C@@H](O)c1cnc(C[C@H](O)[C@H](O)CO)cn1. The van der Waals surface area contributed by atoms with Crippen molar-refractivity contribution in [2.75, 3.05) is 13.2 Å². The van der Waals surface area contributed by atoms with Crippen LogP contribution in [-0.2, 0) is 6.42 Å². The van der Waals surface area contributed by atoms with Crippen LogP contribution >= 0.6 is 0 Å². The van der Waals surface area contributed by atoms with Crippen LogP contribution < -0.4 is 0 Å². The average molecular weight is 288 g/mol. The molecule has 0 fully saturated rings. The molecule has 0 aliphatic heterocycles. The van der Waals surface area contributed by atoms with E-state index in [-0.39, 0.29) is 18.5 Å². The van der Waals surface area contributed by atoms with Crippen LogP contribution in [0.25, 0.3) is 0 Å². The van der Waals surface area contributed by atoms with Gasteiger partial charge in [-0.2, -0.15) is 0 Å². The zero-order valence-corrected chi connectivity index (χ0v) is 10.9. The summed E-state index contributed by atoms with van der Waals surface area (Å²) in [6.07, 6.45) is -1.90. The van der Waals surface area contributed by atoms with E-state index in [1.807, 2.05) is 0 Å². The molecule has 1 heterocycles. The maximum absolute atomic E-state index is 9.73. The summed E-state index contributed by atoms with van der Waals surface area (Å²) in [4.78, 5) is 7.91. The number of hydrogen-bond donors (Lipinski definition) is 6. The van der Waals surface area contributed by atoms with Crippen LogP contribution in [0.2, 0.25) is 0 Å². The molecule has 0 spiro atoms. The fraction of sp³-hybridized carbons (Fsp3) is 0.667. The van der Waals surface area contributed by atoms with Crippen molar-refractivity contribution >= 4 is 0 Å². The molecule has 0 amide bonds. The predicted octanol–water partition coefficient (Wildman–Crippen LogP) is -2.49. The fourth-order valence-corrected chi connectivity index (χ4v) is 1.57. The largest absolute Gasteiger partial charge is 0.394 e. The smallest absolute Gasteiger partial charge is 0.103 e. The van der Waals surface area contributed by atoms with Gasteiger partial charge in [-0.05, 0) is 0 Å². The summed E-state index contributed by atoms with van der Waals surface area (Å²) in [6, 6.07) is 0. The molecule has 6 N–H and O–H groups in total. The van der Waals surface area contributed by atoms with Crippen molar-refractivity contribution in [3.63, 3.8) is 0 Å². The lowest BCUT2D eigenvalue weighted by Crippen LogP contribution is -2.31. The van der Waals surface area contributed by atoms with Crippen LogP contribution in [0.4, 0.5) is 0 Å². The Hall–Kier alpha value is -1.16. The van der Waals surface area contributed by atoms with Crippen molar-refractivity contribution in [2.45, 2.75) is 37.3 Å². The molecule has 4 atom stereocenters. The maximum Gasteiger partial charge on any atom is 0.103 e. The third-order valence-corrected chi connectivity index (χ3v) is 2.82. The fourth-order valence-electron chi connectivity index (χ4n) is 1.57. The van der Waals surface area contributed by atoms with E-state index >= 15 is 0 Å². The van der Waals surface area contributed by atoms with Gasteiger partial charge in [0.2, 0.25) is 0 Å². The summed E-state index contributed by atoms with van der Waals surface area (Å²) < 4.78 is 0. The average Bonchev–Trinajstić information content (AvgIpc) is 2.46. The molecule has 0 radical (unpaired) electrons. The van der Waals surface area contributed by atoms with E-state index in [1.54, 1.807) is 0 Å². The third kappa shape index (κ3) is 5.08. The molecule has 1 aromatic rings. The Morgan fingerprint density at radius 2 is 1.60 bits per heavy atom. The molecule has 20 heavy (non-hydrogen) atoms. The molecule has 0 saturated heterocycles. The normalized spacial score (nSPS) is 17.5. The van der Waals surface area contributed by atoms with Gasteiger partial charge in [-0.1, -0.05) is 0 Å². The highest BCUT2D eigenvalue weighted by Crippen LogP contribution is 2.15. The van der Waals surface area contributed by atoms with Crippen molar-refractivity contribution in [1.82, 2.24) is 9.97 Å². The minimum absolute atomic E-state index is 0.0182. The van der Waals surface area contributed by atoms with Gasteiger partial charge in [-0.3, -0.25) is 9.97 Å². The van der Waals surface area contributed by atoms with Crippen LogP contribution in [0.5, 0.6) is 0 Å². The summed E-state index contributed by atoms with van der Waals surface area (Å²) in [7, 11) is 0. The Morgan fingerprint density at radius 3 is 2.10 bits per heavy atom. The second-order valence-corrected chi connectivity index (χ2v) is 4.54. The van der Waals surface area contributed by atoms with Gasteiger partial charge in [0.25, 0.3) is 0 Å². The number of rotatable bonds is 8. The Morgan fingerprint density at radius 1 is 0.900 bits per heavy atom. The number of nitrogens with zero attached hydrogens (tertiary/aromatic N) is 2. The summed E-state index contributed by atoms with van der Waals surface area (Å²) in [6.45, 7) is -1.00. The van der Waals surface area contributed by atoms with Crippen molar-refractivity contribution in [2.24, 2.45) is 0 Å². The molecule has 0 aromatic carbocycles. The summed E-state index contributed by atoms with van der Waals surface area (Å²) >= 11 is 0. The highest BCUT2D eigenvalue weighted by atomic mass is 16.4. The van der Waals surface area contributed by atoms with Gasteiger partial charge in [-0.25, -0.2) is 0 Å². The minimum atomic E-state index is -1.25. The molecular formula is C12H20N2O6. The first-order valence-corrected chi connectivity index (χ1v) is 6.22. The van der Waals surface area contributed by atoms with E-state index < -0.39 is 37.6 Å². The minimum Gasteiger partial charge on any atom is -0.394 e. The highest BCUT2D eigenvalue weighted by molar-refractivity contribution is 5.06. The van der Waals surface area contributed by atoms with Gasteiger partial charge in [0.15, 0.2) is 0 Å². The van der Waals surface area contributed by atoms with Gasteiger partial charge >= 0.3 is 0 Å². The molecule has 0 aliphatic rings. The summed E-state index contributed by atoms with van der Waals surface area (Å²) in [5.74, 6) is 0. The van der Waals surface area contributed by atoms with E-state index in [0.717, 1.165) is 0 Å². The monoisotopic (exact) mass is 288 g/mol. The topological polar surface area (TPSA) is 147 Å². The third-order valence-electron chi connectivity index (χ3n) is 2.82. The van der Waals surface area contributed by atoms with Crippen molar-refractivity contribution in [3.8, 4) is 0 Å². The van der Waals surface area contributed by atoms with Crippen molar-refractivity contribution in [1.29, 1.82) is 0 Å². The number of aliphatic hydroxyl groups excluding tert-OH is 6. The first-order valence-electron chi connectivity index (χ1n) is 6.22. The molecule has 0 bridgehead atoms. The molecule has 1 aromatic heterocycles. The van der Waals surface area contributed by atoms with Crippen molar-refractivity contribution < 1.29 is 30.6 Å². The van der Waals surface area contributed by atoms with Crippen LogP contribution in [0.15, 0.2) is 12.4 Å². The maximum atomic E-state index is 9.73. The first kappa shape index (κ1) is 16.9. The number of aromatic nitrogens is 2. The van der Waals surface area contributed by atoms with Crippen molar-refractivity contribution in [3.05, 3.63) is 23.8 Å². The standard InChI is InChI=1S/C12H20N2O6/c15-5-8(17)2-10(18)9-4-13-7(3-14-9)1-11(19)12(20)6-16/h3-4,8,10-12,15-20H,1-2,5-6H2/t8-,10-,11+,12-/m1/s1. The summed E-state index contributed by atoms with van der Waals surface area (Å²) in [5.41, 5.74) is 0.627. The molecular weight excluding hydrogens is 268 g/mol. The molecule has 0 unspecified atom stereocenters. The second-order valence-electron chi connectivity index (χ2n) is 4.54. The van der Waals surface area contributed by atoms with Gasteiger partial charge in [0.05, 0.1) is 43.0 Å². The summed E-state index contributed by atoms with van der Waals surface area (Å²) in [5, 5.41) is 55.0. The Balaban J connectivity index is 2.60. The highest BCUT2D eigenvalue weighted by Gasteiger charge is 2.18. The molecule has 114 valence electrons. The van der Waals surface area contributed by atoms with Gasteiger partial charge in [0, 0.05) is 19.0 Å². The zero-order chi connectivity index (χ0) is 15.1. The van der Waals surface area contributed by atoms with Crippen LogP contribution in [-0.4, -0.2) is 72.1 Å². The predicted molar refractivity (Wildman–Crippen MR) is 67.5 cm³/mol. The van der Waals surface area contributed by atoms with Gasteiger partial charge in [-0.15, -0.1) is 0 Å². The van der Waals surface area contributed by atoms with Crippen LogP contribution in [0, 0.1) is 0 Å². The zero-order valence-electron chi connectivity index (χ0n) is 10.9. The second kappa shape index (κ2) is 8.20. The molecule has 0 saturated carbocycles. The van der Waals surface area contributed by atoms with E-state index in [4.69, 9.17) is 10.2 Å². The lowest BCUT2D eigenvalue weighted by molar-refractivity contribution is -0.0137. The quantitative estimate of drug-likeness (QED) is 0.308. The Labute approximate surface area is 116 Å². The molecule has 8 heteroatoms. The lowest BCUT2D eigenvalue weighted by atomic mass is 10.1.